The van der Waals surface area contributed by atoms with Gasteiger partial charge in [0.15, 0.2) is 0 Å². The van der Waals surface area contributed by atoms with Crippen LogP contribution < -0.4 is 10.1 Å². The number of aromatic nitrogens is 2. The van der Waals surface area contributed by atoms with Crippen LogP contribution in [0.3, 0.4) is 0 Å². The van der Waals surface area contributed by atoms with E-state index in [0.29, 0.717) is 19.7 Å². The monoisotopic (exact) mass is 584 g/mol. The number of ether oxygens (including phenoxy) is 2. The minimum absolute atomic E-state index is 0.0615. The van der Waals surface area contributed by atoms with Gasteiger partial charge in [-0.25, -0.2) is 14.8 Å². The van der Waals surface area contributed by atoms with Crippen LogP contribution >= 0.6 is 0 Å². The van der Waals surface area contributed by atoms with Crippen LogP contribution in [0.25, 0.3) is 33.2 Å². The molecule has 1 N–H and O–H groups in total. The fourth-order valence-electron chi connectivity index (χ4n) is 6.57. The molecule has 4 aromatic carbocycles. The molecule has 44 heavy (non-hydrogen) atoms. The van der Waals surface area contributed by atoms with Crippen molar-refractivity contribution in [1.29, 1.82) is 0 Å². The van der Waals surface area contributed by atoms with Gasteiger partial charge in [-0.05, 0) is 70.8 Å². The Hall–Kier alpha value is -4.91. The molecule has 2 aliphatic rings. The van der Waals surface area contributed by atoms with Crippen molar-refractivity contribution in [3.8, 4) is 28.1 Å². The fraction of sp³-hybridized carbons (Fsp3) is 0.270. The molecule has 1 aromatic heterocycles. The first-order chi connectivity index (χ1) is 21.6. The van der Waals surface area contributed by atoms with Gasteiger partial charge in [0.25, 0.3) is 0 Å². The van der Waals surface area contributed by atoms with Gasteiger partial charge in [0, 0.05) is 54.3 Å². The summed E-state index contributed by atoms with van der Waals surface area (Å²) in [6.07, 6.45) is 4.02. The van der Waals surface area contributed by atoms with E-state index in [1.807, 2.05) is 23.2 Å². The zero-order chi connectivity index (χ0) is 30.0. The number of nitrogens with zero attached hydrogens (tertiary/aromatic N) is 3. The van der Waals surface area contributed by atoms with Crippen LogP contribution in [0, 0.1) is 0 Å². The third kappa shape index (κ3) is 5.34. The molecule has 0 bridgehead atoms. The second-order valence-corrected chi connectivity index (χ2v) is 11.5. The van der Waals surface area contributed by atoms with Crippen molar-refractivity contribution < 1.29 is 14.3 Å². The van der Waals surface area contributed by atoms with E-state index >= 15 is 0 Å². The van der Waals surface area contributed by atoms with Gasteiger partial charge in [0.2, 0.25) is 0 Å². The maximum atomic E-state index is 13.2. The van der Waals surface area contributed by atoms with Crippen LogP contribution in [0.1, 0.15) is 42.6 Å². The molecule has 1 saturated heterocycles. The molecule has 1 aliphatic carbocycles. The Bertz CT molecular complexity index is 1780. The van der Waals surface area contributed by atoms with Gasteiger partial charge in [-0.2, -0.15) is 0 Å². The van der Waals surface area contributed by atoms with Crippen molar-refractivity contribution in [2.24, 2.45) is 0 Å². The molecular formula is C37H36N4O3. The molecule has 0 unspecified atom stereocenters. The topological polar surface area (TPSA) is 76.6 Å². The second kappa shape index (κ2) is 12.0. The van der Waals surface area contributed by atoms with E-state index in [1.165, 1.54) is 22.3 Å². The summed E-state index contributed by atoms with van der Waals surface area (Å²) in [7, 11) is 1.69. The molecule has 7 heteroatoms. The molecule has 1 fully saturated rings. The standard InChI is InChI=1S/C37H36N4O3/c1-3-36-38-17-14-34(40-36)25-20-24-12-13-27(43-2)22-32(24)35(21-25)39-26-15-18-41(19-16-26)37(42)44-23-33-30-10-6-4-8-28(30)29-9-5-7-11-31(29)33/h4-14,17,20-22,26,33,39H,3,15-16,18-19,23H2,1-2H3. The van der Waals surface area contributed by atoms with Gasteiger partial charge in [0.05, 0.1) is 12.8 Å². The van der Waals surface area contributed by atoms with Crippen LogP contribution in [0.15, 0.2) is 91.1 Å². The number of carbonyl (C=O) groups is 1. The highest BCUT2D eigenvalue weighted by atomic mass is 16.6. The molecule has 7 nitrogen and oxygen atoms in total. The predicted molar refractivity (Wildman–Crippen MR) is 174 cm³/mol. The van der Waals surface area contributed by atoms with Crippen molar-refractivity contribution in [2.45, 2.75) is 38.1 Å². The number of anilines is 1. The Morgan fingerprint density at radius 2 is 1.66 bits per heavy atom. The maximum Gasteiger partial charge on any atom is 0.409 e. The normalized spacial score (nSPS) is 14.7. The molecule has 1 aliphatic heterocycles. The summed E-state index contributed by atoms with van der Waals surface area (Å²) in [5.41, 5.74) is 7.90. The fourth-order valence-corrected chi connectivity index (χ4v) is 6.57. The van der Waals surface area contributed by atoms with Gasteiger partial charge < -0.3 is 19.7 Å². The molecule has 5 aromatic rings. The number of nitrogens with one attached hydrogen (secondary N) is 1. The van der Waals surface area contributed by atoms with E-state index in [4.69, 9.17) is 14.5 Å². The van der Waals surface area contributed by atoms with E-state index in [-0.39, 0.29) is 18.1 Å². The quantitative estimate of drug-likeness (QED) is 0.211. The highest BCUT2D eigenvalue weighted by Gasteiger charge is 2.30. The predicted octanol–water partition coefficient (Wildman–Crippen LogP) is 7.69. The number of methoxy groups -OCH3 is 1. The largest absolute Gasteiger partial charge is 0.497 e. The molecule has 7 rings (SSSR count). The number of benzene rings is 4. The van der Waals surface area contributed by atoms with Gasteiger partial charge in [-0.1, -0.05) is 61.5 Å². The Balaban J connectivity index is 1.04. The SMILES string of the molecule is CCc1nccc(-c2cc(NC3CCN(C(=O)OCC4c5ccccc5-c5ccccc54)CC3)c3cc(OC)ccc3c2)n1. The number of likely N-dealkylation sites (tertiary alicyclic amines) is 1. The number of piperidine rings is 1. The van der Waals surface area contributed by atoms with Crippen LogP contribution in [0.4, 0.5) is 10.5 Å². The Morgan fingerprint density at radius 1 is 0.932 bits per heavy atom. The smallest absolute Gasteiger partial charge is 0.409 e. The first kappa shape index (κ1) is 27.9. The van der Waals surface area contributed by atoms with E-state index in [2.05, 4.69) is 90.0 Å². The molecule has 222 valence electrons. The van der Waals surface area contributed by atoms with Crippen LogP contribution in [0.2, 0.25) is 0 Å². The lowest BCUT2D eigenvalue weighted by Gasteiger charge is -2.33. The third-order valence-electron chi connectivity index (χ3n) is 8.93. The first-order valence-electron chi connectivity index (χ1n) is 15.4. The number of aryl methyl sites for hydroxylation is 1. The molecule has 0 atom stereocenters. The summed E-state index contributed by atoms with van der Waals surface area (Å²) in [6, 6.07) is 29.5. The van der Waals surface area contributed by atoms with E-state index in [0.717, 1.165) is 58.6 Å². The van der Waals surface area contributed by atoms with Crippen molar-refractivity contribution in [1.82, 2.24) is 14.9 Å². The highest BCUT2D eigenvalue weighted by Crippen LogP contribution is 2.44. The van der Waals surface area contributed by atoms with E-state index in [1.54, 1.807) is 7.11 Å². The number of fused-ring (bicyclic) bond motifs is 4. The summed E-state index contributed by atoms with van der Waals surface area (Å²) in [4.78, 5) is 24.2. The number of hydrogen-bond donors (Lipinski definition) is 1. The number of rotatable bonds is 7. The first-order valence-corrected chi connectivity index (χ1v) is 15.4. The van der Waals surface area contributed by atoms with Gasteiger partial charge in [0.1, 0.15) is 18.2 Å². The summed E-state index contributed by atoms with van der Waals surface area (Å²) >= 11 is 0. The summed E-state index contributed by atoms with van der Waals surface area (Å²) in [6.45, 7) is 3.68. The van der Waals surface area contributed by atoms with Crippen molar-refractivity contribution in [3.05, 3.63) is 108 Å². The van der Waals surface area contributed by atoms with Crippen LogP contribution in [-0.4, -0.2) is 53.8 Å². The third-order valence-corrected chi connectivity index (χ3v) is 8.93. The van der Waals surface area contributed by atoms with E-state index < -0.39 is 0 Å². The molecule has 0 spiro atoms. The Kier molecular flexibility index (Phi) is 7.61. The zero-order valence-corrected chi connectivity index (χ0v) is 25.1. The number of hydrogen-bond acceptors (Lipinski definition) is 6. The minimum atomic E-state index is -0.238. The molecule has 1 amide bonds. The summed E-state index contributed by atoms with van der Waals surface area (Å²) in [5, 5.41) is 6.00. The number of carbonyl (C=O) groups excluding carboxylic acids is 1. The van der Waals surface area contributed by atoms with Gasteiger partial charge in [-0.15, -0.1) is 0 Å². The lowest BCUT2D eigenvalue weighted by Crippen LogP contribution is -2.43. The van der Waals surface area contributed by atoms with Crippen molar-refractivity contribution in [3.63, 3.8) is 0 Å². The van der Waals surface area contributed by atoms with E-state index in [9.17, 15) is 4.79 Å². The molecule has 0 radical (unpaired) electrons. The van der Waals surface area contributed by atoms with Crippen molar-refractivity contribution in [2.75, 3.05) is 32.1 Å². The summed E-state index contributed by atoms with van der Waals surface area (Å²) in [5.74, 6) is 1.70. The maximum absolute atomic E-state index is 13.2. The molecular weight excluding hydrogens is 548 g/mol. The van der Waals surface area contributed by atoms with Gasteiger partial charge in [-0.3, -0.25) is 0 Å². The number of amides is 1. The van der Waals surface area contributed by atoms with Crippen LogP contribution in [0.5, 0.6) is 5.75 Å². The highest BCUT2D eigenvalue weighted by molar-refractivity contribution is 5.98. The lowest BCUT2D eigenvalue weighted by atomic mass is 9.98. The molecule has 2 heterocycles. The Morgan fingerprint density at radius 3 is 2.36 bits per heavy atom. The average Bonchev–Trinajstić information content (AvgIpc) is 3.40. The summed E-state index contributed by atoms with van der Waals surface area (Å²) < 4.78 is 11.5. The van der Waals surface area contributed by atoms with Crippen LogP contribution in [-0.2, 0) is 11.2 Å². The van der Waals surface area contributed by atoms with Gasteiger partial charge >= 0.3 is 6.09 Å². The minimum Gasteiger partial charge on any atom is -0.497 e. The lowest BCUT2D eigenvalue weighted by molar-refractivity contribution is 0.0916. The Labute approximate surface area is 257 Å². The molecule has 0 saturated carbocycles. The zero-order valence-electron chi connectivity index (χ0n) is 25.1. The average molecular weight is 585 g/mol. The second-order valence-electron chi connectivity index (χ2n) is 11.5. The van der Waals surface area contributed by atoms with Crippen molar-refractivity contribution >= 4 is 22.6 Å².